The van der Waals surface area contributed by atoms with E-state index in [-0.39, 0.29) is 0 Å². The van der Waals surface area contributed by atoms with Crippen LogP contribution in [0.5, 0.6) is 5.75 Å². The Morgan fingerprint density at radius 1 is 0.926 bits per heavy atom. The second kappa shape index (κ2) is 9.20. The highest BCUT2D eigenvalue weighted by Gasteiger charge is 2.12. The molecule has 0 atom stereocenters. The minimum atomic E-state index is 0.415. The van der Waals surface area contributed by atoms with Crippen LogP contribution in [-0.4, -0.2) is 0 Å². The van der Waals surface area contributed by atoms with Gasteiger partial charge in [0, 0.05) is 32.3 Å². The number of aryl methyl sites for hydroxylation is 1. The standard InChI is InChI=1S/C21H17BrCl3NO/c1-13-2-7-17(23)10-20(13)26-11-15-8-18(24)9-19(25)21(15)27-12-14-3-5-16(22)6-4-14/h2-10,26H,11-12H2,1H3. The molecule has 0 heterocycles. The second-order valence-electron chi connectivity index (χ2n) is 6.10. The molecule has 0 amide bonds. The first kappa shape index (κ1) is 20.3. The number of hydrogen-bond acceptors (Lipinski definition) is 2. The molecule has 0 aliphatic carbocycles. The topological polar surface area (TPSA) is 21.3 Å². The summed E-state index contributed by atoms with van der Waals surface area (Å²) in [6.45, 7) is 2.95. The van der Waals surface area contributed by atoms with Gasteiger partial charge in [0.25, 0.3) is 0 Å². The lowest BCUT2D eigenvalue weighted by Crippen LogP contribution is -2.05. The van der Waals surface area contributed by atoms with E-state index in [1.54, 1.807) is 6.07 Å². The number of anilines is 1. The van der Waals surface area contributed by atoms with Gasteiger partial charge in [-0.15, -0.1) is 0 Å². The van der Waals surface area contributed by atoms with Gasteiger partial charge in [0.05, 0.1) is 5.02 Å². The molecule has 2 nitrogen and oxygen atoms in total. The van der Waals surface area contributed by atoms with Gasteiger partial charge in [0.15, 0.2) is 0 Å². The van der Waals surface area contributed by atoms with Crippen molar-refractivity contribution in [1.82, 2.24) is 0 Å². The van der Waals surface area contributed by atoms with Crippen molar-refractivity contribution in [3.63, 3.8) is 0 Å². The molecule has 0 radical (unpaired) electrons. The zero-order valence-electron chi connectivity index (χ0n) is 14.5. The van der Waals surface area contributed by atoms with Gasteiger partial charge in [-0.05, 0) is 54.4 Å². The molecular weight excluding hydrogens is 469 g/mol. The van der Waals surface area contributed by atoms with Gasteiger partial charge in [-0.25, -0.2) is 0 Å². The third-order valence-electron chi connectivity index (χ3n) is 4.05. The molecule has 0 saturated heterocycles. The summed E-state index contributed by atoms with van der Waals surface area (Å²) in [5.41, 5.74) is 3.99. The second-order valence-corrected chi connectivity index (χ2v) is 8.30. The highest BCUT2D eigenvalue weighted by molar-refractivity contribution is 9.10. The fourth-order valence-electron chi connectivity index (χ4n) is 2.62. The summed E-state index contributed by atoms with van der Waals surface area (Å²) in [4.78, 5) is 0. The van der Waals surface area contributed by atoms with Crippen LogP contribution < -0.4 is 10.1 Å². The summed E-state index contributed by atoms with van der Waals surface area (Å²) < 4.78 is 7.04. The molecule has 0 bridgehead atoms. The van der Waals surface area contributed by atoms with E-state index < -0.39 is 0 Å². The molecule has 0 fully saturated rings. The Labute approximate surface area is 182 Å². The van der Waals surface area contributed by atoms with Crippen LogP contribution in [0.15, 0.2) is 59.1 Å². The van der Waals surface area contributed by atoms with E-state index in [0.29, 0.717) is 34.0 Å². The van der Waals surface area contributed by atoms with Crippen molar-refractivity contribution in [1.29, 1.82) is 0 Å². The Hall–Kier alpha value is -1.39. The summed E-state index contributed by atoms with van der Waals surface area (Å²) in [6, 6.07) is 17.2. The zero-order valence-corrected chi connectivity index (χ0v) is 18.4. The highest BCUT2D eigenvalue weighted by Crippen LogP contribution is 2.34. The molecule has 0 unspecified atom stereocenters. The third kappa shape index (κ3) is 5.55. The van der Waals surface area contributed by atoms with Crippen molar-refractivity contribution in [2.24, 2.45) is 0 Å². The molecule has 3 aromatic rings. The van der Waals surface area contributed by atoms with E-state index in [4.69, 9.17) is 39.5 Å². The Morgan fingerprint density at radius 2 is 1.67 bits per heavy atom. The predicted octanol–water partition coefficient (Wildman–Crippen LogP) is 7.91. The lowest BCUT2D eigenvalue weighted by Gasteiger charge is -2.16. The third-order valence-corrected chi connectivity index (χ3v) is 5.31. The highest BCUT2D eigenvalue weighted by atomic mass is 79.9. The number of benzene rings is 3. The van der Waals surface area contributed by atoms with Crippen molar-refractivity contribution in [2.45, 2.75) is 20.1 Å². The monoisotopic (exact) mass is 483 g/mol. The predicted molar refractivity (Wildman–Crippen MR) is 118 cm³/mol. The molecule has 3 aromatic carbocycles. The van der Waals surface area contributed by atoms with Crippen LogP contribution in [0.25, 0.3) is 0 Å². The molecular formula is C21H17BrCl3NO. The number of rotatable bonds is 6. The fraction of sp³-hybridized carbons (Fsp3) is 0.143. The van der Waals surface area contributed by atoms with Crippen LogP contribution in [0.3, 0.4) is 0 Å². The quantitative estimate of drug-likeness (QED) is 0.383. The van der Waals surface area contributed by atoms with Crippen molar-refractivity contribution in [3.8, 4) is 5.75 Å². The average molecular weight is 486 g/mol. The van der Waals surface area contributed by atoms with Crippen molar-refractivity contribution in [2.75, 3.05) is 5.32 Å². The maximum absolute atomic E-state index is 6.40. The van der Waals surface area contributed by atoms with E-state index in [1.165, 1.54) is 0 Å². The first-order valence-electron chi connectivity index (χ1n) is 8.27. The molecule has 140 valence electrons. The molecule has 0 saturated carbocycles. The van der Waals surface area contributed by atoms with Gasteiger partial charge in [-0.1, -0.05) is 68.9 Å². The smallest absolute Gasteiger partial charge is 0.143 e. The van der Waals surface area contributed by atoms with Gasteiger partial charge in [-0.2, -0.15) is 0 Å². The number of hydrogen-bond donors (Lipinski definition) is 1. The first-order chi connectivity index (χ1) is 12.9. The van der Waals surface area contributed by atoms with Gasteiger partial charge in [-0.3, -0.25) is 0 Å². The SMILES string of the molecule is Cc1ccc(Cl)cc1NCc1cc(Cl)cc(Cl)c1OCc1ccc(Br)cc1. The lowest BCUT2D eigenvalue weighted by molar-refractivity contribution is 0.303. The van der Waals surface area contributed by atoms with E-state index in [9.17, 15) is 0 Å². The van der Waals surface area contributed by atoms with E-state index in [2.05, 4.69) is 21.2 Å². The molecule has 1 N–H and O–H groups in total. The summed E-state index contributed by atoms with van der Waals surface area (Å²) in [7, 11) is 0. The minimum Gasteiger partial charge on any atom is -0.487 e. The van der Waals surface area contributed by atoms with Gasteiger partial charge in [0.1, 0.15) is 12.4 Å². The summed E-state index contributed by atoms with van der Waals surface area (Å²) in [6.07, 6.45) is 0. The van der Waals surface area contributed by atoms with Crippen LogP contribution >= 0.6 is 50.7 Å². The summed E-state index contributed by atoms with van der Waals surface area (Å²) >= 11 is 22.1. The van der Waals surface area contributed by atoms with E-state index in [1.807, 2.05) is 55.5 Å². The normalized spacial score (nSPS) is 10.7. The summed E-state index contributed by atoms with van der Waals surface area (Å²) in [5.74, 6) is 0.621. The molecule has 6 heteroatoms. The average Bonchev–Trinajstić information content (AvgIpc) is 2.63. The maximum Gasteiger partial charge on any atom is 0.143 e. The van der Waals surface area contributed by atoms with Gasteiger partial charge in [0.2, 0.25) is 0 Å². The van der Waals surface area contributed by atoms with Gasteiger partial charge < -0.3 is 10.1 Å². The van der Waals surface area contributed by atoms with E-state index in [0.717, 1.165) is 26.9 Å². The lowest BCUT2D eigenvalue weighted by atomic mass is 10.1. The van der Waals surface area contributed by atoms with Crippen molar-refractivity contribution in [3.05, 3.63) is 90.8 Å². The largest absolute Gasteiger partial charge is 0.487 e. The molecule has 0 aliphatic heterocycles. The zero-order chi connectivity index (χ0) is 19.4. The van der Waals surface area contributed by atoms with Crippen molar-refractivity contribution >= 4 is 56.4 Å². The Balaban J connectivity index is 1.79. The van der Waals surface area contributed by atoms with Crippen LogP contribution in [-0.2, 0) is 13.2 Å². The number of ether oxygens (including phenoxy) is 1. The Bertz CT molecular complexity index is 945. The van der Waals surface area contributed by atoms with Crippen molar-refractivity contribution < 1.29 is 4.74 Å². The summed E-state index contributed by atoms with van der Waals surface area (Å²) in [5, 5.41) is 5.11. The molecule has 27 heavy (non-hydrogen) atoms. The minimum absolute atomic E-state index is 0.415. The Morgan fingerprint density at radius 3 is 2.41 bits per heavy atom. The molecule has 0 spiro atoms. The number of nitrogens with one attached hydrogen (secondary N) is 1. The van der Waals surface area contributed by atoms with Crippen LogP contribution in [0.2, 0.25) is 15.1 Å². The van der Waals surface area contributed by atoms with E-state index >= 15 is 0 Å². The Kier molecular flexibility index (Phi) is 6.93. The van der Waals surface area contributed by atoms with Gasteiger partial charge >= 0.3 is 0 Å². The maximum atomic E-state index is 6.40. The fourth-order valence-corrected chi connectivity index (χ4v) is 3.64. The number of halogens is 4. The molecule has 3 rings (SSSR count). The van der Waals surface area contributed by atoms with Crippen LogP contribution in [0, 0.1) is 6.92 Å². The first-order valence-corrected chi connectivity index (χ1v) is 10.2. The van der Waals surface area contributed by atoms with Crippen LogP contribution in [0.1, 0.15) is 16.7 Å². The molecule has 0 aliphatic rings. The molecule has 0 aromatic heterocycles. The van der Waals surface area contributed by atoms with Crippen LogP contribution in [0.4, 0.5) is 5.69 Å².